The van der Waals surface area contributed by atoms with Crippen molar-refractivity contribution in [2.45, 2.75) is 19.4 Å². The molecule has 0 aliphatic heterocycles. The van der Waals surface area contributed by atoms with Crippen molar-refractivity contribution in [3.05, 3.63) is 35.9 Å². The van der Waals surface area contributed by atoms with E-state index in [0.717, 1.165) is 6.08 Å². The van der Waals surface area contributed by atoms with Crippen LogP contribution in [0.4, 0.5) is 10.5 Å². The van der Waals surface area contributed by atoms with Crippen molar-refractivity contribution in [3.8, 4) is 12.3 Å². The van der Waals surface area contributed by atoms with Crippen LogP contribution in [0.5, 0.6) is 0 Å². The number of nitrogens with one attached hydrogen (secondary N) is 2. The lowest BCUT2D eigenvalue weighted by atomic mass is 10.2. The molecular weight excluding hydrogens is 256 g/mol. The summed E-state index contributed by atoms with van der Waals surface area (Å²) in [5.41, 5.74) is 1.25. The average Bonchev–Trinajstić information content (AvgIpc) is 2.36. The van der Waals surface area contributed by atoms with Crippen molar-refractivity contribution in [3.63, 3.8) is 0 Å². The topological polar surface area (TPSA) is 78.4 Å². The van der Waals surface area contributed by atoms with Gasteiger partial charge in [0.2, 0.25) is 0 Å². The lowest BCUT2D eigenvalue weighted by molar-refractivity contribution is -0.131. The summed E-state index contributed by atoms with van der Waals surface area (Å²) in [6.07, 6.45) is 8.10. The number of hydrogen-bond acceptors (Lipinski definition) is 2. The lowest BCUT2D eigenvalue weighted by Gasteiger charge is -2.12. The van der Waals surface area contributed by atoms with Gasteiger partial charge < -0.3 is 15.7 Å². The minimum atomic E-state index is -1.02. The Morgan fingerprint density at radius 1 is 1.50 bits per heavy atom. The van der Waals surface area contributed by atoms with E-state index in [1.807, 2.05) is 6.92 Å². The summed E-state index contributed by atoms with van der Waals surface area (Å²) >= 11 is 0. The molecule has 0 saturated heterocycles. The fourth-order valence-corrected chi connectivity index (χ4v) is 1.51. The minimum Gasteiger partial charge on any atom is -0.478 e. The van der Waals surface area contributed by atoms with Gasteiger partial charge in [0.1, 0.15) is 0 Å². The summed E-state index contributed by atoms with van der Waals surface area (Å²) in [7, 11) is 0. The molecule has 0 spiro atoms. The highest BCUT2D eigenvalue weighted by atomic mass is 16.4. The molecule has 0 fully saturated rings. The molecule has 104 valence electrons. The first kappa shape index (κ1) is 15.3. The van der Waals surface area contributed by atoms with Crippen LogP contribution in [0.3, 0.4) is 0 Å². The molecule has 2 amide bonds. The van der Waals surface area contributed by atoms with Crippen LogP contribution < -0.4 is 10.6 Å². The summed E-state index contributed by atoms with van der Waals surface area (Å²) in [4.78, 5) is 22.1. The minimum absolute atomic E-state index is 0.116. The highest BCUT2D eigenvalue weighted by Gasteiger charge is 2.06. The summed E-state index contributed by atoms with van der Waals surface area (Å²) in [6.45, 7) is 1.81. The predicted molar refractivity (Wildman–Crippen MR) is 78.2 cm³/mol. The van der Waals surface area contributed by atoms with Gasteiger partial charge in [-0.25, -0.2) is 9.59 Å². The Balaban J connectivity index is 2.64. The summed E-state index contributed by atoms with van der Waals surface area (Å²) in [6, 6.07) is 6.38. The number of carboxylic acids is 1. The molecule has 0 aliphatic rings. The SMILES string of the molecule is C#CCC(C)NC(=O)Nc1cccc(/C=C/C(=O)O)c1. The second-order valence-corrected chi connectivity index (χ2v) is 4.20. The molecule has 20 heavy (non-hydrogen) atoms. The van der Waals surface area contributed by atoms with Gasteiger partial charge in [-0.3, -0.25) is 0 Å². The maximum Gasteiger partial charge on any atom is 0.328 e. The van der Waals surface area contributed by atoms with Crippen molar-refractivity contribution in [2.75, 3.05) is 5.32 Å². The predicted octanol–water partition coefficient (Wildman–Crippen LogP) is 2.32. The number of aliphatic carboxylic acids is 1. The molecule has 5 nitrogen and oxygen atoms in total. The Bertz CT molecular complexity index is 558. The van der Waals surface area contributed by atoms with E-state index >= 15 is 0 Å². The van der Waals surface area contributed by atoms with Crippen molar-refractivity contribution in [2.24, 2.45) is 0 Å². The first-order valence-corrected chi connectivity index (χ1v) is 6.03. The molecule has 1 rings (SSSR count). The molecule has 5 heteroatoms. The van der Waals surface area contributed by atoms with Gasteiger partial charge in [0.15, 0.2) is 0 Å². The third-order valence-electron chi connectivity index (χ3n) is 2.36. The lowest BCUT2D eigenvalue weighted by Crippen LogP contribution is -2.35. The van der Waals surface area contributed by atoms with Gasteiger partial charge in [-0.1, -0.05) is 12.1 Å². The zero-order chi connectivity index (χ0) is 15.0. The highest BCUT2D eigenvalue weighted by Crippen LogP contribution is 2.12. The van der Waals surface area contributed by atoms with E-state index in [4.69, 9.17) is 11.5 Å². The molecule has 1 unspecified atom stereocenters. The molecule has 0 aromatic heterocycles. The zero-order valence-corrected chi connectivity index (χ0v) is 11.1. The van der Waals surface area contributed by atoms with E-state index in [-0.39, 0.29) is 12.1 Å². The Labute approximate surface area is 117 Å². The first-order valence-electron chi connectivity index (χ1n) is 6.03. The number of carbonyl (C=O) groups excluding carboxylic acids is 1. The fraction of sp³-hybridized carbons (Fsp3) is 0.200. The monoisotopic (exact) mass is 272 g/mol. The van der Waals surface area contributed by atoms with E-state index in [0.29, 0.717) is 17.7 Å². The van der Waals surface area contributed by atoms with Gasteiger partial charge in [-0.15, -0.1) is 12.3 Å². The van der Waals surface area contributed by atoms with Gasteiger partial charge in [0, 0.05) is 24.2 Å². The number of hydrogen-bond donors (Lipinski definition) is 3. The molecule has 3 N–H and O–H groups in total. The molecule has 0 heterocycles. The average molecular weight is 272 g/mol. The molecule has 1 aromatic rings. The quantitative estimate of drug-likeness (QED) is 0.568. The second-order valence-electron chi connectivity index (χ2n) is 4.20. The third-order valence-corrected chi connectivity index (χ3v) is 2.36. The number of rotatable bonds is 5. The standard InChI is InChI=1S/C15H16N2O3/c1-3-5-11(2)16-15(20)17-13-7-4-6-12(10-13)8-9-14(18)19/h1,4,6-11H,5H2,2H3,(H,18,19)(H2,16,17,20)/b9-8+. The van der Waals surface area contributed by atoms with Crippen molar-refractivity contribution >= 4 is 23.8 Å². The molecule has 0 radical (unpaired) electrons. The van der Waals surface area contributed by atoms with E-state index in [2.05, 4.69) is 16.6 Å². The number of benzene rings is 1. The number of urea groups is 1. The van der Waals surface area contributed by atoms with Gasteiger partial charge in [0.05, 0.1) is 0 Å². The van der Waals surface area contributed by atoms with Crippen LogP contribution in [0, 0.1) is 12.3 Å². The van der Waals surface area contributed by atoms with E-state index < -0.39 is 5.97 Å². The zero-order valence-electron chi connectivity index (χ0n) is 11.1. The normalized spacial score (nSPS) is 11.6. The number of carboxylic acid groups (broad SMARTS) is 1. The van der Waals surface area contributed by atoms with Crippen LogP contribution in [-0.2, 0) is 4.79 Å². The Morgan fingerprint density at radius 3 is 2.90 bits per heavy atom. The van der Waals surface area contributed by atoms with Crippen molar-refractivity contribution in [1.29, 1.82) is 0 Å². The van der Waals surface area contributed by atoms with Crippen LogP contribution in [0.25, 0.3) is 6.08 Å². The molecular formula is C15H16N2O3. The molecule has 0 saturated carbocycles. The smallest absolute Gasteiger partial charge is 0.328 e. The Hall–Kier alpha value is -2.74. The van der Waals surface area contributed by atoms with Gasteiger partial charge >= 0.3 is 12.0 Å². The maximum atomic E-state index is 11.7. The molecule has 1 aromatic carbocycles. The van der Waals surface area contributed by atoms with Gasteiger partial charge in [0.25, 0.3) is 0 Å². The fourth-order valence-electron chi connectivity index (χ4n) is 1.51. The van der Waals surface area contributed by atoms with Crippen LogP contribution in [0.1, 0.15) is 18.9 Å². The van der Waals surface area contributed by atoms with Crippen molar-refractivity contribution < 1.29 is 14.7 Å². The Morgan fingerprint density at radius 2 is 2.25 bits per heavy atom. The van der Waals surface area contributed by atoms with Crippen LogP contribution in [0.2, 0.25) is 0 Å². The second kappa shape index (κ2) is 7.64. The van der Waals surface area contributed by atoms with Crippen LogP contribution in [0.15, 0.2) is 30.3 Å². The molecule has 1 atom stereocenters. The molecule has 0 aliphatic carbocycles. The van der Waals surface area contributed by atoms with E-state index in [1.54, 1.807) is 24.3 Å². The number of terminal acetylenes is 1. The number of carbonyl (C=O) groups is 2. The largest absolute Gasteiger partial charge is 0.478 e. The number of amides is 2. The maximum absolute atomic E-state index is 11.7. The highest BCUT2D eigenvalue weighted by molar-refractivity contribution is 5.90. The van der Waals surface area contributed by atoms with Gasteiger partial charge in [-0.05, 0) is 30.7 Å². The van der Waals surface area contributed by atoms with E-state index in [1.165, 1.54) is 6.08 Å². The molecule has 0 bridgehead atoms. The van der Waals surface area contributed by atoms with Crippen LogP contribution >= 0.6 is 0 Å². The summed E-state index contributed by atoms with van der Waals surface area (Å²) < 4.78 is 0. The van der Waals surface area contributed by atoms with Crippen LogP contribution in [-0.4, -0.2) is 23.1 Å². The van der Waals surface area contributed by atoms with Gasteiger partial charge in [-0.2, -0.15) is 0 Å². The van der Waals surface area contributed by atoms with Crippen molar-refractivity contribution in [1.82, 2.24) is 5.32 Å². The third kappa shape index (κ3) is 5.74. The summed E-state index contributed by atoms with van der Waals surface area (Å²) in [5.74, 6) is 1.44. The number of anilines is 1. The Kier molecular flexibility index (Phi) is 5.85. The first-order chi connectivity index (χ1) is 9.51. The summed E-state index contributed by atoms with van der Waals surface area (Å²) in [5, 5.41) is 13.9. The van der Waals surface area contributed by atoms with E-state index in [9.17, 15) is 9.59 Å².